The van der Waals surface area contributed by atoms with Gasteiger partial charge >= 0.3 is 0 Å². The lowest BCUT2D eigenvalue weighted by Gasteiger charge is -2.14. The van der Waals surface area contributed by atoms with Crippen LogP contribution in [0.2, 0.25) is 5.02 Å². The van der Waals surface area contributed by atoms with Crippen LogP contribution in [0.3, 0.4) is 0 Å². The van der Waals surface area contributed by atoms with Crippen molar-refractivity contribution >= 4 is 35.1 Å². The first-order chi connectivity index (χ1) is 11.0. The number of hydrogen-bond acceptors (Lipinski definition) is 5. The molecule has 4 rings (SSSR count). The number of nitrogens with one attached hydrogen (secondary N) is 1. The molecule has 0 saturated carbocycles. The Morgan fingerprint density at radius 2 is 1.74 bits per heavy atom. The number of nitrogens with zero attached hydrogens (tertiary/aromatic N) is 4. The van der Waals surface area contributed by atoms with Crippen molar-refractivity contribution in [3.63, 3.8) is 0 Å². The fourth-order valence-electron chi connectivity index (χ4n) is 3.10. The molecule has 23 heavy (non-hydrogen) atoms. The van der Waals surface area contributed by atoms with Gasteiger partial charge in [-0.05, 0) is 19.8 Å². The minimum Gasteiger partial charge on any atom is -0.274 e. The third-order valence-corrected chi connectivity index (χ3v) is 4.75. The van der Waals surface area contributed by atoms with Crippen molar-refractivity contribution in [2.24, 2.45) is 11.8 Å². The smallest absolute Gasteiger partial charge is 0.274 e. The molecule has 2 aromatic heterocycles. The zero-order chi connectivity index (χ0) is 16.3. The molecule has 3 heterocycles. The van der Waals surface area contributed by atoms with E-state index in [9.17, 15) is 14.4 Å². The van der Waals surface area contributed by atoms with Crippen LogP contribution in [-0.2, 0) is 9.59 Å². The maximum atomic E-state index is 12.5. The molecule has 1 fully saturated rings. The quantitative estimate of drug-likeness (QED) is 0.615. The maximum Gasteiger partial charge on any atom is 0.293 e. The van der Waals surface area contributed by atoms with Gasteiger partial charge in [0.15, 0.2) is 0 Å². The van der Waals surface area contributed by atoms with Crippen LogP contribution >= 0.6 is 11.6 Å². The summed E-state index contributed by atoms with van der Waals surface area (Å²) in [6, 6.07) is 0. The monoisotopic (exact) mass is 333 g/mol. The topological polar surface area (TPSA) is 100 Å². The number of carbonyl (C=O) groups is 2. The van der Waals surface area contributed by atoms with E-state index in [0.717, 1.165) is 9.42 Å². The lowest BCUT2D eigenvalue weighted by molar-refractivity contribution is -0.122. The van der Waals surface area contributed by atoms with Gasteiger partial charge in [-0.1, -0.05) is 23.8 Å². The van der Waals surface area contributed by atoms with Crippen LogP contribution in [-0.4, -0.2) is 31.4 Å². The molecule has 0 radical (unpaired) electrons. The minimum absolute atomic E-state index is 0.000617. The number of rotatable bonds is 1. The van der Waals surface area contributed by atoms with Crippen molar-refractivity contribution in [3.05, 3.63) is 33.2 Å². The Bertz CT molecular complexity index is 918. The molecule has 8 nitrogen and oxygen atoms in total. The van der Waals surface area contributed by atoms with Crippen molar-refractivity contribution in [2.75, 3.05) is 4.90 Å². The summed E-state index contributed by atoms with van der Waals surface area (Å²) >= 11 is 5.88. The van der Waals surface area contributed by atoms with Gasteiger partial charge in [-0.15, -0.1) is 0 Å². The van der Waals surface area contributed by atoms with Crippen molar-refractivity contribution in [3.8, 4) is 0 Å². The summed E-state index contributed by atoms with van der Waals surface area (Å²) in [5, 5.41) is 2.62. The number of allylic oxidation sites excluding steroid dienone is 2. The van der Waals surface area contributed by atoms with Gasteiger partial charge in [0, 0.05) is 0 Å². The molecule has 118 valence electrons. The third-order valence-electron chi connectivity index (χ3n) is 4.31. The minimum atomic E-state index is -0.522. The number of halogens is 1. The van der Waals surface area contributed by atoms with Crippen LogP contribution in [0.25, 0.3) is 5.78 Å². The lowest BCUT2D eigenvalue weighted by Crippen LogP contribution is -2.32. The maximum absolute atomic E-state index is 12.5. The van der Waals surface area contributed by atoms with Gasteiger partial charge in [-0.3, -0.25) is 19.5 Å². The number of imide groups is 1. The molecular formula is C14H12ClN5O3. The highest BCUT2D eigenvalue weighted by Gasteiger charge is 2.49. The number of aromatic nitrogens is 4. The second kappa shape index (κ2) is 4.76. The Morgan fingerprint density at radius 1 is 1.13 bits per heavy atom. The van der Waals surface area contributed by atoms with Crippen LogP contribution in [0.15, 0.2) is 16.9 Å². The normalized spacial score (nSPS) is 23.8. The molecule has 1 N–H and O–H groups in total. The average molecular weight is 334 g/mol. The Morgan fingerprint density at radius 3 is 2.35 bits per heavy atom. The van der Waals surface area contributed by atoms with E-state index in [2.05, 4.69) is 15.1 Å². The zero-order valence-corrected chi connectivity index (χ0v) is 12.9. The number of anilines is 1. The first kappa shape index (κ1) is 14.1. The SMILES string of the molecule is Cc1nc2nc(N3C(=O)[C@H]4CC=CC[C@@H]4C3=O)[nH]n2c(=O)c1Cl. The van der Waals surface area contributed by atoms with Gasteiger partial charge in [-0.25, -0.2) is 9.88 Å². The van der Waals surface area contributed by atoms with Crippen molar-refractivity contribution in [1.82, 2.24) is 19.6 Å². The highest BCUT2D eigenvalue weighted by molar-refractivity contribution is 6.31. The number of amides is 2. The second-order valence-electron chi connectivity index (χ2n) is 5.67. The van der Waals surface area contributed by atoms with E-state index in [1.807, 2.05) is 12.2 Å². The molecule has 0 unspecified atom stereocenters. The number of fused-ring (bicyclic) bond motifs is 2. The second-order valence-corrected chi connectivity index (χ2v) is 6.04. The molecule has 2 aliphatic rings. The number of aryl methyl sites for hydroxylation is 1. The van der Waals surface area contributed by atoms with Gasteiger partial charge in [0.25, 0.3) is 11.3 Å². The molecular weight excluding hydrogens is 322 g/mol. The van der Waals surface area contributed by atoms with E-state index in [0.29, 0.717) is 18.5 Å². The molecule has 1 aliphatic heterocycles. The van der Waals surface area contributed by atoms with E-state index in [-0.39, 0.29) is 40.4 Å². The molecule has 0 spiro atoms. The zero-order valence-electron chi connectivity index (χ0n) is 12.1. The van der Waals surface area contributed by atoms with E-state index in [4.69, 9.17) is 11.6 Å². The van der Waals surface area contributed by atoms with Crippen LogP contribution < -0.4 is 10.5 Å². The molecule has 2 aromatic rings. The predicted octanol–water partition coefficient (Wildman–Crippen LogP) is 0.835. The van der Waals surface area contributed by atoms with Crippen molar-refractivity contribution < 1.29 is 9.59 Å². The van der Waals surface area contributed by atoms with Crippen LogP contribution in [0, 0.1) is 18.8 Å². The first-order valence-electron chi connectivity index (χ1n) is 7.16. The Hall–Kier alpha value is -2.48. The Kier molecular flexibility index (Phi) is 2.92. The lowest BCUT2D eigenvalue weighted by atomic mass is 9.85. The number of H-pyrrole nitrogens is 1. The summed E-state index contributed by atoms with van der Waals surface area (Å²) < 4.78 is 1.03. The summed E-state index contributed by atoms with van der Waals surface area (Å²) in [6.45, 7) is 1.59. The Labute approximate surface area is 134 Å². The van der Waals surface area contributed by atoms with Gasteiger partial charge in [0.1, 0.15) is 5.02 Å². The molecule has 1 saturated heterocycles. The number of hydrogen-bond donors (Lipinski definition) is 1. The molecule has 1 aliphatic carbocycles. The van der Waals surface area contributed by atoms with Gasteiger partial charge in [0.2, 0.25) is 17.8 Å². The average Bonchev–Trinajstić information content (AvgIpc) is 3.06. The predicted molar refractivity (Wildman–Crippen MR) is 81.2 cm³/mol. The largest absolute Gasteiger partial charge is 0.293 e. The fourth-order valence-corrected chi connectivity index (χ4v) is 3.22. The molecule has 2 amide bonds. The molecule has 0 aromatic carbocycles. The van der Waals surface area contributed by atoms with Crippen LogP contribution in [0.5, 0.6) is 0 Å². The van der Waals surface area contributed by atoms with Gasteiger partial charge in [-0.2, -0.15) is 9.50 Å². The van der Waals surface area contributed by atoms with E-state index in [1.54, 1.807) is 6.92 Å². The molecule has 2 atom stereocenters. The van der Waals surface area contributed by atoms with Gasteiger partial charge in [0.05, 0.1) is 17.5 Å². The molecule has 9 heteroatoms. The number of carbonyl (C=O) groups excluding carboxylic acids is 2. The summed E-state index contributed by atoms with van der Waals surface area (Å²) in [4.78, 5) is 46.4. The summed E-state index contributed by atoms with van der Waals surface area (Å²) in [5.74, 6) is -1.27. The van der Waals surface area contributed by atoms with Gasteiger partial charge < -0.3 is 0 Å². The summed E-state index contributed by atoms with van der Waals surface area (Å²) in [6.07, 6.45) is 4.89. The Balaban J connectivity index is 1.84. The van der Waals surface area contributed by atoms with E-state index < -0.39 is 5.56 Å². The van der Waals surface area contributed by atoms with Crippen LogP contribution in [0.4, 0.5) is 5.95 Å². The summed E-state index contributed by atoms with van der Waals surface area (Å²) in [5.41, 5.74) is -0.183. The van der Waals surface area contributed by atoms with Crippen LogP contribution in [0.1, 0.15) is 18.5 Å². The van der Waals surface area contributed by atoms with E-state index in [1.165, 1.54) is 0 Å². The molecule has 0 bridgehead atoms. The number of aromatic amines is 1. The fraction of sp³-hybridized carbons (Fsp3) is 0.357. The van der Waals surface area contributed by atoms with Crippen molar-refractivity contribution in [2.45, 2.75) is 19.8 Å². The van der Waals surface area contributed by atoms with E-state index >= 15 is 0 Å². The highest BCUT2D eigenvalue weighted by atomic mass is 35.5. The standard InChI is InChI=1S/C14H12ClN5O3/c1-6-9(15)12(23)20-13(16-6)17-14(18-20)19-10(21)7-4-2-3-5-8(7)11(19)22/h2-3,7-8H,4-5H2,1H3,(H,16,17,18)/t7-,8-/m0/s1. The highest BCUT2D eigenvalue weighted by Crippen LogP contribution is 2.36. The third kappa shape index (κ3) is 1.88. The van der Waals surface area contributed by atoms with Crippen molar-refractivity contribution in [1.29, 1.82) is 0 Å². The summed E-state index contributed by atoms with van der Waals surface area (Å²) in [7, 11) is 0. The first-order valence-corrected chi connectivity index (χ1v) is 7.54.